The average Bonchev–Trinajstić information content (AvgIpc) is 2.05. The van der Waals surface area contributed by atoms with Crippen LogP contribution in [0.1, 0.15) is 26.7 Å². The van der Waals surface area contributed by atoms with Crippen LogP contribution in [0.5, 0.6) is 0 Å². The lowest BCUT2D eigenvalue weighted by atomic mass is 9.96. The molecule has 0 fully saturated rings. The molecule has 0 aromatic carbocycles. The van der Waals surface area contributed by atoms with Gasteiger partial charge in [-0.1, -0.05) is 26.7 Å². The molecule has 0 heterocycles. The summed E-state index contributed by atoms with van der Waals surface area (Å²) in [5.74, 6) is 7.29. The van der Waals surface area contributed by atoms with Crippen LogP contribution in [-0.4, -0.2) is 18.1 Å². The van der Waals surface area contributed by atoms with E-state index in [0.717, 1.165) is 11.7 Å². The van der Waals surface area contributed by atoms with Crippen LogP contribution in [0.15, 0.2) is 0 Å². The number of nitrogens with one attached hydrogen (secondary N) is 1. The Hall–Kier alpha value is 0.270. The SMILES string of the molecule is CCC(CC)C(CSC)NN. The van der Waals surface area contributed by atoms with Crippen LogP contribution in [0.3, 0.4) is 0 Å². The van der Waals surface area contributed by atoms with E-state index in [-0.39, 0.29) is 0 Å². The highest BCUT2D eigenvalue weighted by molar-refractivity contribution is 7.98. The van der Waals surface area contributed by atoms with E-state index in [4.69, 9.17) is 5.84 Å². The minimum Gasteiger partial charge on any atom is -0.271 e. The third-order valence-corrected chi connectivity index (χ3v) is 2.87. The molecule has 0 amide bonds. The Balaban J connectivity index is 3.76. The van der Waals surface area contributed by atoms with Crippen molar-refractivity contribution in [2.45, 2.75) is 32.7 Å². The molecule has 3 heteroatoms. The summed E-state index contributed by atoms with van der Waals surface area (Å²) in [6, 6.07) is 0.486. The lowest BCUT2D eigenvalue weighted by molar-refractivity contribution is 0.364. The lowest BCUT2D eigenvalue weighted by Gasteiger charge is -2.23. The average molecular weight is 176 g/mol. The molecule has 0 rings (SSSR count). The highest BCUT2D eigenvalue weighted by Gasteiger charge is 2.15. The lowest BCUT2D eigenvalue weighted by Crippen LogP contribution is -2.42. The molecule has 0 bridgehead atoms. The number of hydrogen-bond donors (Lipinski definition) is 2. The van der Waals surface area contributed by atoms with Gasteiger partial charge in [0.1, 0.15) is 0 Å². The fraction of sp³-hybridized carbons (Fsp3) is 1.00. The first-order valence-corrected chi connectivity index (χ1v) is 5.64. The Kier molecular flexibility index (Phi) is 7.12. The topological polar surface area (TPSA) is 38.0 Å². The zero-order valence-corrected chi connectivity index (χ0v) is 8.58. The summed E-state index contributed by atoms with van der Waals surface area (Å²) in [4.78, 5) is 0. The summed E-state index contributed by atoms with van der Waals surface area (Å²) >= 11 is 1.85. The fourth-order valence-electron chi connectivity index (χ4n) is 1.36. The first-order chi connectivity index (χ1) is 5.29. The zero-order chi connectivity index (χ0) is 8.69. The minimum absolute atomic E-state index is 0.486. The van der Waals surface area contributed by atoms with Gasteiger partial charge in [-0.05, 0) is 12.2 Å². The van der Waals surface area contributed by atoms with Crippen LogP contribution >= 0.6 is 11.8 Å². The summed E-state index contributed by atoms with van der Waals surface area (Å²) in [5, 5.41) is 0. The summed E-state index contributed by atoms with van der Waals surface area (Å²) < 4.78 is 0. The van der Waals surface area contributed by atoms with Gasteiger partial charge >= 0.3 is 0 Å². The number of thioether (sulfide) groups is 1. The van der Waals surface area contributed by atoms with Crippen molar-refractivity contribution in [3.05, 3.63) is 0 Å². The van der Waals surface area contributed by atoms with E-state index in [1.807, 2.05) is 11.8 Å². The van der Waals surface area contributed by atoms with Crippen molar-refractivity contribution < 1.29 is 0 Å². The summed E-state index contributed by atoms with van der Waals surface area (Å²) in [6.45, 7) is 4.44. The van der Waals surface area contributed by atoms with Gasteiger partial charge < -0.3 is 0 Å². The van der Waals surface area contributed by atoms with Crippen molar-refractivity contribution in [2.24, 2.45) is 11.8 Å². The van der Waals surface area contributed by atoms with E-state index in [2.05, 4.69) is 25.5 Å². The molecule has 0 aliphatic heterocycles. The zero-order valence-electron chi connectivity index (χ0n) is 7.76. The maximum Gasteiger partial charge on any atom is 0.0329 e. The molecule has 2 nitrogen and oxygen atoms in total. The second-order valence-electron chi connectivity index (χ2n) is 2.81. The Morgan fingerprint density at radius 3 is 2.18 bits per heavy atom. The highest BCUT2D eigenvalue weighted by Crippen LogP contribution is 2.15. The van der Waals surface area contributed by atoms with E-state index >= 15 is 0 Å². The van der Waals surface area contributed by atoms with E-state index in [1.54, 1.807) is 0 Å². The standard InChI is InChI=1S/C8H20N2S/c1-4-7(5-2)8(10-9)6-11-3/h7-8,10H,4-6,9H2,1-3H3. The van der Waals surface area contributed by atoms with Crippen molar-refractivity contribution in [3.8, 4) is 0 Å². The first-order valence-electron chi connectivity index (χ1n) is 4.25. The van der Waals surface area contributed by atoms with Crippen LogP contribution in [-0.2, 0) is 0 Å². The van der Waals surface area contributed by atoms with Crippen LogP contribution in [0, 0.1) is 5.92 Å². The van der Waals surface area contributed by atoms with Crippen molar-refractivity contribution >= 4 is 11.8 Å². The molecular weight excluding hydrogens is 156 g/mol. The van der Waals surface area contributed by atoms with Gasteiger partial charge in [-0.25, -0.2) is 0 Å². The molecule has 0 radical (unpaired) electrons. The minimum atomic E-state index is 0.486. The third kappa shape index (κ3) is 3.99. The van der Waals surface area contributed by atoms with Gasteiger partial charge in [-0.2, -0.15) is 11.8 Å². The number of nitrogens with two attached hydrogens (primary N) is 1. The first kappa shape index (κ1) is 11.3. The molecule has 1 unspecified atom stereocenters. The van der Waals surface area contributed by atoms with Crippen molar-refractivity contribution in [1.82, 2.24) is 5.43 Å². The van der Waals surface area contributed by atoms with Crippen LogP contribution < -0.4 is 11.3 Å². The summed E-state index contributed by atoms with van der Waals surface area (Å²) in [7, 11) is 0. The smallest absolute Gasteiger partial charge is 0.0329 e. The van der Waals surface area contributed by atoms with Gasteiger partial charge in [-0.15, -0.1) is 0 Å². The van der Waals surface area contributed by atoms with Crippen molar-refractivity contribution in [3.63, 3.8) is 0 Å². The Labute approximate surface area is 74.3 Å². The molecule has 0 aromatic heterocycles. The Morgan fingerprint density at radius 2 is 1.91 bits per heavy atom. The van der Waals surface area contributed by atoms with Gasteiger partial charge in [0.15, 0.2) is 0 Å². The fourth-order valence-corrected chi connectivity index (χ4v) is 2.09. The second kappa shape index (κ2) is 6.95. The molecule has 11 heavy (non-hydrogen) atoms. The van der Waals surface area contributed by atoms with Crippen molar-refractivity contribution in [2.75, 3.05) is 12.0 Å². The molecule has 0 aromatic rings. The van der Waals surface area contributed by atoms with E-state index < -0.39 is 0 Å². The number of hydrogen-bond acceptors (Lipinski definition) is 3. The van der Waals surface area contributed by atoms with Crippen molar-refractivity contribution in [1.29, 1.82) is 0 Å². The molecular formula is C8H20N2S. The predicted molar refractivity (Wildman–Crippen MR) is 53.6 cm³/mol. The maximum atomic E-state index is 5.45. The third-order valence-electron chi connectivity index (χ3n) is 2.18. The summed E-state index contributed by atoms with van der Waals surface area (Å²) in [6.07, 6.45) is 4.55. The molecule has 0 aliphatic rings. The Bertz CT molecular complexity index is 84.2. The Morgan fingerprint density at radius 1 is 1.36 bits per heavy atom. The molecule has 0 aliphatic carbocycles. The number of hydrazine groups is 1. The van der Waals surface area contributed by atoms with Gasteiger partial charge in [0.25, 0.3) is 0 Å². The van der Waals surface area contributed by atoms with Gasteiger partial charge in [0, 0.05) is 11.8 Å². The van der Waals surface area contributed by atoms with Gasteiger partial charge in [0.05, 0.1) is 0 Å². The molecule has 3 N–H and O–H groups in total. The quantitative estimate of drug-likeness (QED) is 0.477. The molecule has 0 spiro atoms. The molecule has 1 atom stereocenters. The maximum absolute atomic E-state index is 5.45. The largest absolute Gasteiger partial charge is 0.271 e. The van der Waals surface area contributed by atoms with E-state index in [0.29, 0.717) is 6.04 Å². The van der Waals surface area contributed by atoms with E-state index in [1.165, 1.54) is 12.8 Å². The van der Waals surface area contributed by atoms with Gasteiger partial charge in [-0.3, -0.25) is 11.3 Å². The monoisotopic (exact) mass is 176 g/mol. The van der Waals surface area contributed by atoms with Gasteiger partial charge in [0.2, 0.25) is 0 Å². The van der Waals surface area contributed by atoms with Crippen LogP contribution in [0.4, 0.5) is 0 Å². The molecule has 0 saturated heterocycles. The molecule has 0 saturated carbocycles. The highest BCUT2D eigenvalue weighted by atomic mass is 32.2. The van der Waals surface area contributed by atoms with Crippen LogP contribution in [0.2, 0.25) is 0 Å². The normalized spacial score (nSPS) is 13.9. The number of rotatable bonds is 6. The predicted octanol–water partition coefficient (Wildman–Crippen LogP) is 1.62. The molecule has 68 valence electrons. The van der Waals surface area contributed by atoms with Crippen LogP contribution in [0.25, 0.3) is 0 Å². The van der Waals surface area contributed by atoms with E-state index in [9.17, 15) is 0 Å². The second-order valence-corrected chi connectivity index (χ2v) is 3.72. The summed E-state index contributed by atoms with van der Waals surface area (Å²) in [5.41, 5.74) is 2.88.